The number of ketones is 1. The number of hydrogen-bond donors (Lipinski definition) is 1. The first-order chi connectivity index (χ1) is 9.53. The highest BCUT2D eigenvalue weighted by Gasteiger charge is 2.38. The van der Waals surface area contributed by atoms with Gasteiger partial charge in [-0.05, 0) is 26.7 Å². The number of allylic oxidation sites excluding steroid dienone is 1. The number of hydrogen-bond acceptors (Lipinski definition) is 4. The van der Waals surface area contributed by atoms with Gasteiger partial charge in [-0.25, -0.2) is 0 Å². The second kappa shape index (κ2) is 4.56. The Labute approximate surface area is 117 Å². The summed E-state index contributed by atoms with van der Waals surface area (Å²) in [5, 5.41) is 9.05. The molecule has 0 saturated heterocycles. The van der Waals surface area contributed by atoms with Crippen LogP contribution < -0.4 is 0 Å². The Hall–Kier alpha value is -1.94. The van der Waals surface area contributed by atoms with E-state index in [1.165, 1.54) is 0 Å². The van der Waals surface area contributed by atoms with Gasteiger partial charge in [0.15, 0.2) is 0 Å². The fourth-order valence-electron chi connectivity index (χ4n) is 2.74. The van der Waals surface area contributed by atoms with E-state index in [1.54, 1.807) is 0 Å². The van der Waals surface area contributed by atoms with Gasteiger partial charge in [-0.15, -0.1) is 0 Å². The predicted octanol–water partition coefficient (Wildman–Crippen LogP) is 2.31. The largest absolute Gasteiger partial charge is 0.487 e. The van der Waals surface area contributed by atoms with Crippen molar-refractivity contribution in [1.29, 1.82) is 0 Å². The Morgan fingerprint density at radius 1 is 1.30 bits per heavy atom. The number of aliphatic hydroxyl groups excluding tert-OH is 1. The normalized spacial score (nSPS) is 22.4. The van der Waals surface area contributed by atoms with E-state index in [1.807, 2.05) is 38.1 Å². The topological polar surface area (TPSA) is 58.9 Å². The molecule has 1 aromatic carbocycles. The molecule has 0 saturated carbocycles. The molecule has 0 bridgehead atoms. The van der Waals surface area contributed by atoms with E-state index < -0.39 is 0 Å². The number of ether oxygens (including phenoxy) is 1. The first-order valence-electron chi connectivity index (χ1n) is 6.75. The minimum atomic E-state index is -0.385. The van der Waals surface area contributed by atoms with Gasteiger partial charge in [-0.3, -0.25) is 9.79 Å². The minimum Gasteiger partial charge on any atom is -0.487 e. The lowest BCUT2D eigenvalue weighted by Gasteiger charge is -2.36. The second-order valence-corrected chi connectivity index (χ2v) is 5.69. The lowest BCUT2D eigenvalue weighted by molar-refractivity contribution is -0.110. The van der Waals surface area contributed by atoms with Gasteiger partial charge in [0.05, 0.1) is 0 Å². The third-order valence-electron chi connectivity index (χ3n) is 3.77. The van der Waals surface area contributed by atoms with Gasteiger partial charge in [0.25, 0.3) is 0 Å². The minimum absolute atomic E-state index is 0.122. The summed E-state index contributed by atoms with van der Waals surface area (Å²) in [7, 11) is 0. The lowest BCUT2D eigenvalue weighted by atomic mass is 9.82. The third kappa shape index (κ3) is 1.96. The van der Waals surface area contributed by atoms with E-state index in [4.69, 9.17) is 9.84 Å². The van der Waals surface area contributed by atoms with Crippen LogP contribution in [0.25, 0.3) is 5.76 Å². The van der Waals surface area contributed by atoms with Crippen molar-refractivity contribution in [3.63, 3.8) is 0 Å². The van der Waals surface area contributed by atoms with Crippen LogP contribution in [0.3, 0.4) is 0 Å². The molecule has 1 aliphatic heterocycles. The monoisotopic (exact) mass is 271 g/mol. The molecule has 0 aromatic heterocycles. The zero-order valence-corrected chi connectivity index (χ0v) is 11.6. The molecular formula is C16H17NO3. The van der Waals surface area contributed by atoms with Crippen molar-refractivity contribution < 1.29 is 14.6 Å². The summed E-state index contributed by atoms with van der Waals surface area (Å²) in [6.07, 6.45) is 1.48. The molecule has 2 aliphatic rings. The summed E-state index contributed by atoms with van der Waals surface area (Å²) < 4.78 is 6.04. The van der Waals surface area contributed by atoms with Crippen molar-refractivity contribution >= 4 is 17.3 Å². The summed E-state index contributed by atoms with van der Waals surface area (Å²) in [6.45, 7) is 3.67. The standard InChI is InChI=1S/C16H17NO3/c1-16(2)8-7-12-14(19)13(17-9-18)10-5-3-4-6-11(10)15(12)20-16/h3-6,18H,7-9H2,1-2H3/b17-13+. The van der Waals surface area contributed by atoms with Crippen LogP contribution in [0.2, 0.25) is 0 Å². The van der Waals surface area contributed by atoms with Crippen LogP contribution in [-0.4, -0.2) is 28.9 Å². The highest BCUT2D eigenvalue weighted by Crippen LogP contribution is 2.41. The zero-order valence-electron chi connectivity index (χ0n) is 11.6. The molecule has 0 unspecified atom stereocenters. The zero-order chi connectivity index (χ0) is 14.3. The van der Waals surface area contributed by atoms with Gasteiger partial charge in [-0.2, -0.15) is 0 Å². The average Bonchev–Trinajstić information content (AvgIpc) is 2.42. The number of benzene rings is 1. The van der Waals surface area contributed by atoms with E-state index >= 15 is 0 Å². The molecule has 4 nitrogen and oxygen atoms in total. The fourth-order valence-corrected chi connectivity index (χ4v) is 2.74. The van der Waals surface area contributed by atoms with Gasteiger partial charge >= 0.3 is 0 Å². The molecule has 1 heterocycles. The number of aliphatic imine (C=N–C) groups is 1. The molecule has 3 rings (SSSR count). The number of carbonyl (C=O) groups is 1. The Morgan fingerprint density at radius 2 is 2.00 bits per heavy atom. The summed E-state index contributed by atoms with van der Waals surface area (Å²) in [6, 6.07) is 7.56. The van der Waals surface area contributed by atoms with Crippen LogP contribution in [0, 0.1) is 0 Å². The van der Waals surface area contributed by atoms with Gasteiger partial charge in [-0.1, -0.05) is 24.3 Å². The second-order valence-electron chi connectivity index (χ2n) is 5.69. The molecule has 0 spiro atoms. The molecule has 1 aliphatic carbocycles. The van der Waals surface area contributed by atoms with Crippen LogP contribution in [-0.2, 0) is 9.53 Å². The average molecular weight is 271 g/mol. The molecule has 20 heavy (non-hydrogen) atoms. The van der Waals surface area contributed by atoms with Crippen molar-refractivity contribution in [3.8, 4) is 0 Å². The van der Waals surface area contributed by atoms with E-state index in [0.29, 0.717) is 23.5 Å². The van der Waals surface area contributed by atoms with Gasteiger partial charge in [0.1, 0.15) is 23.8 Å². The maximum absolute atomic E-state index is 12.5. The molecule has 0 fully saturated rings. The maximum atomic E-state index is 12.5. The number of nitrogens with zero attached hydrogens (tertiary/aromatic N) is 1. The van der Waals surface area contributed by atoms with Crippen LogP contribution in [0.4, 0.5) is 0 Å². The quantitative estimate of drug-likeness (QED) is 0.852. The third-order valence-corrected chi connectivity index (χ3v) is 3.77. The van der Waals surface area contributed by atoms with Crippen molar-refractivity contribution in [2.45, 2.75) is 32.3 Å². The Kier molecular flexibility index (Phi) is 2.98. The molecule has 0 amide bonds. The van der Waals surface area contributed by atoms with Gasteiger partial charge in [0, 0.05) is 16.7 Å². The molecule has 0 atom stereocenters. The van der Waals surface area contributed by atoms with Crippen molar-refractivity contribution in [1.82, 2.24) is 0 Å². The van der Waals surface area contributed by atoms with Crippen molar-refractivity contribution in [2.24, 2.45) is 4.99 Å². The summed E-state index contributed by atoms with van der Waals surface area (Å²) in [5.74, 6) is 0.557. The lowest BCUT2D eigenvalue weighted by Crippen LogP contribution is -2.35. The highest BCUT2D eigenvalue weighted by molar-refractivity contribution is 6.54. The van der Waals surface area contributed by atoms with E-state index in [9.17, 15) is 4.79 Å². The Morgan fingerprint density at radius 3 is 2.70 bits per heavy atom. The van der Waals surface area contributed by atoms with E-state index in [-0.39, 0.29) is 18.1 Å². The number of Topliss-reactive ketones (excluding diaryl/α,β-unsaturated/α-hetero) is 1. The smallest absolute Gasteiger partial charge is 0.211 e. The summed E-state index contributed by atoms with van der Waals surface area (Å²) in [5.41, 5.74) is 2.38. The number of carbonyl (C=O) groups excluding carboxylic acids is 1. The summed E-state index contributed by atoms with van der Waals surface area (Å²) in [4.78, 5) is 16.5. The first-order valence-corrected chi connectivity index (χ1v) is 6.75. The SMILES string of the molecule is CC1(C)CCC2=C(O1)c1ccccc1/C(=N\CO)C2=O. The fraction of sp³-hybridized carbons (Fsp3) is 0.375. The van der Waals surface area contributed by atoms with Crippen LogP contribution >= 0.6 is 0 Å². The molecule has 0 radical (unpaired) electrons. The summed E-state index contributed by atoms with van der Waals surface area (Å²) >= 11 is 0. The predicted molar refractivity (Wildman–Crippen MR) is 76.4 cm³/mol. The van der Waals surface area contributed by atoms with Crippen molar-refractivity contribution in [2.75, 3.05) is 6.73 Å². The van der Waals surface area contributed by atoms with Gasteiger partial charge < -0.3 is 9.84 Å². The van der Waals surface area contributed by atoms with Crippen LogP contribution in [0.1, 0.15) is 37.8 Å². The van der Waals surface area contributed by atoms with E-state index in [0.717, 1.165) is 17.5 Å². The molecular weight excluding hydrogens is 254 g/mol. The maximum Gasteiger partial charge on any atom is 0.211 e. The van der Waals surface area contributed by atoms with Gasteiger partial charge in [0.2, 0.25) is 5.78 Å². The Bertz CT molecular complexity index is 641. The molecule has 104 valence electrons. The molecule has 1 aromatic rings. The van der Waals surface area contributed by atoms with Crippen LogP contribution in [0.5, 0.6) is 0 Å². The highest BCUT2D eigenvalue weighted by atomic mass is 16.5. The van der Waals surface area contributed by atoms with Crippen LogP contribution in [0.15, 0.2) is 34.8 Å². The first kappa shape index (κ1) is 13.1. The Balaban J connectivity index is 2.22. The number of fused-ring (bicyclic) bond motifs is 2. The molecule has 1 N–H and O–H groups in total. The number of aliphatic hydroxyl groups is 1. The van der Waals surface area contributed by atoms with Crippen molar-refractivity contribution in [3.05, 3.63) is 41.0 Å². The molecule has 4 heteroatoms. The number of rotatable bonds is 1. The van der Waals surface area contributed by atoms with E-state index in [2.05, 4.69) is 4.99 Å².